The van der Waals surface area contributed by atoms with Crippen LogP contribution in [0.15, 0.2) is 12.2 Å². The highest BCUT2D eigenvalue weighted by atomic mass is 16.3. The molecule has 1 N–H and O–H groups in total. The summed E-state index contributed by atoms with van der Waals surface area (Å²) in [4.78, 5) is 0. The maximum Gasteiger partial charge on any atom is 0.119 e. The van der Waals surface area contributed by atoms with Crippen LogP contribution in [0.2, 0.25) is 0 Å². The molecule has 0 radical (unpaired) electrons. The SMILES string of the molecule is CC(C)(O)C#CC[C@H]1C[C@@H]2C=C[C@H]1C2. The van der Waals surface area contributed by atoms with Gasteiger partial charge in [-0.3, -0.25) is 0 Å². The van der Waals surface area contributed by atoms with Gasteiger partial charge >= 0.3 is 0 Å². The third-order valence-electron chi connectivity index (χ3n) is 3.17. The van der Waals surface area contributed by atoms with E-state index in [0.717, 1.165) is 24.2 Å². The molecule has 14 heavy (non-hydrogen) atoms. The molecule has 2 aliphatic carbocycles. The predicted octanol–water partition coefficient (Wildman–Crippen LogP) is 2.36. The molecule has 0 aromatic heterocycles. The Balaban J connectivity index is 1.87. The van der Waals surface area contributed by atoms with Crippen LogP contribution < -0.4 is 0 Å². The first-order valence-electron chi connectivity index (χ1n) is 5.45. The molecule has 2 rings (SSSR count). The Kier molecular flexibility index (Phi) is 2.41. The molecule has 2 bridgehead atoms. The molecule has 1 saturated carbocycles. The lowest BCUT2D eigenvalue weighted by molar-refractivity contribution is 0.143. The lowest BCUT2D eigenvalue weighted by atomic mass is 9.90. The number of fused-ring (bicyclic) bond motifs is 2. The van der Waals surface area contributed by atoms with Crippen LogP contribution in [0.3, 0.4) is 0 Å². The largest absolute Gasteiger partial charge is 0.378 e. The van der Waals surface area contributed by atoms with E-state index in [1.807, 2.05) is 0 Å². The second kappa shape index (κ2) is 3.44. The Hall–Kier alpha value is -0.740. The van der Waals surface area contributed by atoms with E-state index in [1.165, 1.54) is 12.8 Å². The first-order chi connectivity index (χ1) is 6.54. The summed E-state index contributed by atoms with van der Waals surface area (Å²) in [6, 6.07) is 0. The Labute approximate surface area is 86.2 Å². The van der Waals surface area contributed by atoms with Crippen molar-refractivity contribution in [1.82, 2.24) is 0 Å². The minimum atomic E-state index is -0.826. The normalized spacial score (nSPS) is 34.4. The van der Waals surface area contributed by atoms with Crippen LogP contribution in [0.4, 0.5) is 0 Å². The van der Waals surface area contributed by atoms with Gasteiger partial charge in [0.15, 0.2) is 0 Å². The zero-order chi connectivity index (χ0) is 10.2. The van der Waals surface area contributed by atoms with Crippen LogP contribution in [-0.2, 0) is 0 Å². The molecule has 0 amide bonds. The zero-order valence-electron chi connectivity index (χ0n) is 8.96. The monoisotopic (exact) mass is 190 g/mol. The number of hydrogen-bond acceptors (Lipinski definition) is 1. The molecule has 0 aromatic carbocycles. The summed E-state index contributed by atoms with van der Waals surface area (Å²) in [5.74, 6) is 8.36. The molecule has 0 saturated heterocycles. The maximum absolute atomic E-state index is 9.44. The topological polar surface area (TPSA) is 20.2 Å². The minimum Gasteiger partial charge on any atom is -0.378 e. The second-order valence-electron chi connectivity index (χ2n) is 5.11. The van der Waals surface area contributed by atoms with E-state index in [1.54, 1.807) is 13.8 Å². The van der Waals surface area contributed by atoms with Crippen LogP contribution in [0.25, 0.3) is 0 Å². The van der Waals surface area contributed by atoms with E-state index < -0.39 is 5.60 Å². The Morgan fingerprint density at radius 2 is 2.14 bits per heavy atom. The standard InChI is InChI=1S/C13H18O/c1-13(2,14)7-3-4-11-8-10-5-6-12(11)9-10/h5-6,10-12,14H,4,8-9H2,1-2H3/t10-,11-,12-/m0/s1. The highest BCUT2D eigenvalue weighted by molar-refractivity contribution is 5.15. The molecule has 2 aliphatic rings. The number of allylic oxidation sites excluding steroid dienone is 2. The van der Waals surface area contributed by atoms with Crippen molar-refractivity contribution in [2.45, 2.75) is 38.7 Å². The van der Waals surface area contributed by atoms with E-state index >= 15 is 0 Å². The third kappa shape index (κ3) is 2.19. The molecule has 1 fully saturated rings. The van der Waals surface area contributed by atoms with Gasteiger partial charge in [-0.2, -0.15) is 0 Å². The minimum absolute atomic E-state index is 0.750. The lowest BCUT2D eigenvalue weighted by Crippen LogP contribution is -2.15. The van der Waals surface area contributed by atoms with Crippen molar-refractivity contribution in [3.63, 3.8) is 0 Å². The molecule has 3 atom stereocenters. The fourth-order valence-corrected chi connectivity index (χ4v) is 2.53. The molecule has 76 valence electrons. The number of hydrogen-bond donors (Lipinski definition) is 1. The average Bonchev–Trinajstić information content (AvgIpc) is 2.62. The van der Waals surface area contributed by atoms with Gasteiger partial charge in [-0.05, 0) is 44.4 Å². The highest BCUT2D eigenvalue weighted by Crippen LogP contribution is 2.44. The van der Waals surface area contributed by atoms with Crippen LogP contribution in [0, 0.1) is 29.6 Å². The summed E-state index contributed by atoms with van der Waals surface area (Å²) in [5.41, 5.74) is -0.826. The molecule has 1 nitrogen and oxygen atoms in total. The van der Waals surface area contributed by atoms with Crippen molar-refractivity contribution < 1.29 is 5.11 Å². The molecule has 1 heteroatoms. The van der Waals surface area contributed by atoms with Crippen molar-refractivity contribution in [2.75, 3.05) is 0 Å². The highest BCUT2D eigenvalue weighted by Gasteiger charge is 2.34. The van der Waals surface area contributed by atoms with E-state index in [4.69, 9.17) is 0 Å². The van der Waals surface area contributed by atoms with Gasteiger partial charge in [0.25, 0.3) is 0 Å². The van der Waals surface area contributed by atoms with Crippen LogP contribution in [0.1, 0.15) is 33.1 Å². The fourth-order valence-electron chi connectivity index (χ4n) is 2.53. The summed E-state index contributed by atoms with van der Waals surface area (Å²) in [6.07, 6.45) is 8.31. The quantitative estimate of drug-likeness (QED) is 0.497. The van der Waals surface area contributed by atoms with Gasteiger partial charge in [-0.1, -0.05) is 24.0 Å². The summed E-state index contributed by atoms with van der Waals surface area (Å²) in [6.45, 7) is 3.47. The first-order valence-corrected chi connectivity index (χ1v) is 5.45. The molecule has 0 heterocycles. The fraction of sp³-hybridized carbons (Fsp3) is 0.692. The smallest absolute Gasteiger partial charge is 0.119 e. The number of rotatable bonds is 1. The summed E-state index contributed by atoms with van der Waals surface area (Å²) < 4.78 is 0. The lowest BCUT2D eigenvalue weighted by Gasteiger charge is -2.14. The maximum atomic E-state index is 9.44. The van der Waals surface area contributed by atoms with Crippen molar-refractivity contribution >= 4 is 0 Å². The Morgan fingerprint density at radius 3 is 2.64 bits per heavy atom. The van der Waals surface area contributed by atoms with Crippen molar-refractivity contribution in [1.29, 1.82) is 0 Å². The van der Waals surface area contributed by atoms with Gasteiger partial charge in [0.2, 0.25) is 0 Å². The van der Waals surface area contributed by atoms with Gasteiger partial charge < -0.3 is 5.11 Å². The van der Waals surface area contributed by atoms with E-state index in [9.17, 15) is 5.11 Å². The first kappa shape index (κ1) is 9.80. The molecule has 0 unspecified atom stereocenters. The van der Waals surface area contributed by atoms with E-state index in [-0.39, 0.29) is 0 Å². The summed E-state index contributed by atoms with van der Waals surface area (Å²) >= 11 is 0. The predicted molar refractivity (Wildman–Crippen MR) is 57.5 cm³/mol. The summed E-state index contributed by atoms with van der Waals surface area (Å²) in [5, 5.41) is 9.44. The van der Waals surface area contributed by atoms with Gasteiger partial charge in [0.1, 0.15) is 5.60 Å². The van der Waals surface area contributed by atoms with Gasteiger partial charge in [-0.15, -0.1) is 0 Å². The van der Waals surface area contributed by atoms with Crippen LogP contribution in [0.5, 0.6) is 0 Å². The van der Waals surface area contributed by atoms with Crippen LogP contribution >= 0.6 is 0 Å². The average molecular weight is 190 g/mol. The number of aliphatic hydroxyl groups is 1. The Morgan fingerprint density at radius 1 is 1.36 bits per heavy atom. The molecular formula is C13H18O. The summed E-state index contributed by atoms with van der Waals surface area (Å²) in [7, 11) is 0. The third-order valence-corrected chi connectivity index (χ3v) is 3.17. The van der Waals surface area contributed by atoms with Crippen LogP contribution in [-0.4, -0.2) is 10.7 Å². The van der Waals surface area contributed by atoms with E-state index in [0.29, 0.717) is 0 Å². The van der Waals surface area contributed by atoms with Gasteiger partial charge in [0, 0.05) is 6.42 Å². The van der Waals surface area contributed by atoms with Crippen molar-refractivity contribution in [3.05, 3.63) is 12.2 Å². The van der Waals surface area contributed by atoms with Crippen molar-refractivity contribution in [3.8, 4) is 11.8 Å². The van der Waals surface area contributed by atoms with Crippen molar-refractivity contribution in [2.24, 2.45) is 17.8 Å². The molecule has 0 spiro atoms. The van der Waals surface area contributed by atoms with Gasteiger partial charge in [-0.25, -0.2) is 0 Å². The Bertz CT molecular complexity index is 297. The zero-order valence-corrected chi connectivity index (χ0v) is 8.96. The van der Waals surface area contributed by atoms with E-state index in [2.05, 4.69) is 24.0 Å². The molecule has 0 aromatic rings. The van der Waals surface area contributed by atoms with Gasteiger partial charge in [0.05, 0.1) is 0 Å². The molecule has 0 aliphatic heterocycles. The molecular weight excluding hydrogens is 172 g/mol. The second-order valence-corrected chi connectivity index (χ2v) is 5.11.